The van der Waals surface area contributed by atoms with Crippen molar-refractivity contribution in [3.05, 3.63) is 12.4 Å². The topological polar surface area (TPSA) is 126 Å². The van der Waals surface area contributed by atoms with E-state index in [-0.39, 0.29) is 11.7 Å². The number of nitrogens with two attached hydrogens (primary N) is 1. The molecule has 1 amide bonds. The summed E-state index contributed by atoms with van der Waals surface area (Å²) in [6.45, 7) is 0.796. The Morgan fingerprint density at radius 1 is 1.61 bits per heavy atom. The third-order valence-corrected chi connectivity index (χ3v) is 3.14. The van der Waals surface area contributed by atoms with Gasteiger partial charge >= 0.3 is 0 Å². The normalized spacial score (nSPS) is 19.4. The molecule has 0 radical (unpaired) electrons. The van der Waals surface area contributed by atoms with Crippen LogP contribution in [0.2, 0.25) is 0 Å². The van der Waals surface area contributed by atoms with Crippen molar-refractivity contribution in [2.75, 3.05) is 18.5 Å². The van der Waals surface area contributed by atoms with Gasteiger partial charge in [0.15, 0.2) is 5.84 Å². The molecule has 1 aromatic rings. The molecule has 0 aliphatic carbocycles. The highest BCUT2D eigenvalue weighted by Crippen LogP contribution is 2.32. The first-order chi connectivity index (χ1) is 8.69. The Balaban J connectivity index is 2.21. The Bertz CT molecular complexity index is 436. The minimum atomic E-state index is -1.02. The molecule has 8 nitrogen and oxygen atoms in total. The smallest absolute Gasteiger partial charge is 0.238 e. The summed E-state index contributed by atoms with van der Waals surface area (Å²) >= 11 is 0. The van der Waals surface area contributed by atoms with Gasteiger partial charge in [0.2, 0.25) is 5.91 Å². The third kappa shape index (κ3) is 2.14. The van der Waals surface area contributed by atoms with E-state index >= 15 is 0 Å². The number of oxime groups is 1. The van der Waals surface area contributed by atoms with Crippen molar-refractivity contribution in [2.24, 2.45) is 16.3 Å². The molecule has 0 saturated carbocycles. The summed E-state index contributed by atoms with van der Waals surface area (Å²) in [4.78, 5) is 12.3. The molecule has 5 N–H and O–H groups in total. The number of hydrogen-bond acceptors (Lipinski definition) is 5. The van der Waals surface area contributed by atoms with Crippen molar-refractivity contribution >= 4 is 17.4 Å². The summed E-state index contributed by atoms with van der Waals surface area (Å²) < 4.78 is 5.21. The molecule has 98 valence electrons. The highest BCUT2D eigenvalue weighted by atomic mass is 16.5. The van der Waals surface area contributed by atoms with Gasteiger partial charge < -0.3 is 21.0 Å². The van der Waals surface area contributed by atoms with Gasteiger partial charge in [-0.3, -0.25) is 9.89 Å². The summed E-state index contributed by atoms with van der Waals surface area (Å²) in [5.41, 5.74) is 5.19. The number of amides is 1. The molecule has 8 heteroatoms. The van der Waals surface area contributed by atoms with Crippen molar-refractivity contribution < 1.29 is 14.7 Å². The number of H-pyrrole nitrogens is 1. The summed E-state index contributed by atoms with van der Waals surface area (Å²) in [7, 11) is 0. The predicted octanol–water partition coefficient (Wildman–Crippen LogP) is -0.109. The zero-order chi connectivity index (χ0) is 13.0. The van der Waals surface area contributed by atoms with E-state index in [1.165, 1.54) is 6.20 Å². The van der Waals surface area contributed by atoms with Crippen LogP contribution in [0.3, 0.4) is 0 Å². The molecule has 2 heterocycles. The monoisotopic (exact) mass is 253 g/mol. The molecule has 1 aromatic heterocycles. The maximum Gasteiger partial charge on any atom is 0.238 e. The fourth-order valence-corrected chi connectivity index (χ4v) is 1.99. The first-order valence-electron chi connectivity index (χ1n) is 5.55. The number of nitrogens with one attached hydrogen (secondary N) is 2. The molecular formula is C10H15N5O3. The molecule has 1 aliphatic heterocycles. The van der Waals surface area contributed by atoms with Crippen LogP contribution < -0.4 is 11.1 Å². The van der Waals surface area contributed by atoms with E-state index in [0.717, 1.165) is 0 Å². The van der Waals surface area contributed by atoms with Crippen LogP contribution in [0.5, 0.6) is 0 Å². The zero-order valence-electron chi connectivity index (χ0n) is 9.72. The van der Waals surface area contributed by atoms with E-state index in [4.69, 9.17) is 15.7 Å². The van der Waals surface area contributed by atoms with Gasteiger partial charge in [-0.25, -0.2) is 0 Å². The number of carbonyl (C=O) groups is 1. The van der Waals surface area contributed by atoms with E-state index in [1.807, 2.05) is 0 Å². The van der Waals surface area contributed by atoms with Crippen LogP contribution in [-0.4, -0.2) is 40.4 Å². The van der Waals surface area contributed by atoms with Crippen molar-refractivity contribution in [2.45, 2.75) is 12.8 Å². The minimum Gasteiger partial charge on any atom is -0.409 e. The van der Waals surface area contributed by atoms with E-state index in [0.29, 0.717) is 31.7 Å². The molecule has 0 atom stereocenters. The lowest BCUT2D eigenvalue weighted by atomic mass is 9.78. The molecule has 18 heavy (non-hydrogen) atoms. The molecule has 1 saturated heterocycles. The van der Waals surface area contributed by atoms with Crippen LogP contribution in [0.1, 0.15) is 12.8 Å². The summed E-state index contributed by atoms with van der Waals surface area (Å²) in [6, 6.07) is 0. The van der Waals surface area contributed by atoms with Crippen LogP contribution >= 0.6 is 0 Å². The van der Waals surface area contributed by atoms with E-state index in [1.54, 1.807) is 6.20 Å². The second kappa shape index (κ2) is 5.05. The summed E-state index contributed by atoms with van der Waals surface area (Å²) in [5.74, 6) is -0.408. The number of nitrogens with zero attached hydrogens (tertiary/aromatic N) is 2. The molecule has 0 unspecified atom stereocenters. The number of aromatic amines is 1. The molecule has 1 fully saturated rings. The SMILES string of the molecule is NC(=NO)C1(C(=O)Nc2cn[nH]c2)CCOCC1. The van der Waals surface area contributed by atoms with Crippen molar-refractivity contribution in [1.29, 1.82) is 0 Å². The van der Waals surface area contributed by atoms with E-state index in [2.05, 4.69) is 20.7 Å². The first kappa shape index (κ1) is 12.4. The Labute approximate surface area is 103 Å². The zero-order valence-corrected chi connectivity index (χ0v) is 9.72. The van der Waals surface area contributed by atoms with Gasteiger partial charge in [0, 0.05) is 19.4 Å². The van der Waals surface area contributed by atoms with Crippen LogP contribution in [0, 0.1) is 5.41 Å². The van der Waals surface area contributed by atoms with Crippen molar-refractivity contribution in [3.8, 4) is 0 Å². The average Bonchev–Trinajstić information content (AvgIpc) is 2.91. The number of carbonyl (C=O) groups excluding carboxylic acids is 1. The Kier molecular flexibility index (Phi) is 3.47. The van der Waals surface area contributed by atoms with Crippen LogP contribution in [0.15, 0.2) is 17.5 Å². The number of hydrogen-bond donors (Lipinski definition) is 4. The molecular weight excluding hydrogens is 238 g/mol. The van der Waals surface area contributed by atoms with Gasteiger partial charge in [-0.1, -0.05) is 5.16 Å². The summed E-state index contributed by atoms with van der Waals surface area (Å²) in [6.07, 6.45) is 3.80. The number of aromatic nitrogens is 2. The highest BCUT2D eigenvalue weighted by molar-refractivity contribution is 6.11. The van der Waals surface area contributed by atoms with Gasteiger partial charge in [-0.2, -0.15) is 5.10 Å². The molecule has 0 aromatic carbocycles. The lowest BCUT2D eigenvalue weighted by Gasteiger charge is -2.34. The lowest BCUT2D eigenvalue weighted by Crippen LogP contribution is -2.50. The maximum atomic E-state index is 12.3. The van der Waals surface area contributed by atoms with Gasteiger partial charge in [-0.15, -0.1) is 0 Å². The fourth-order valence-electron chi connectivity index (χ4n) is 1.99. The molecule has 0 bridgehead atoms. The largest absolute Gasteiger partial charge is 0.409 e. The van der Waals surface area contributed by atoms with Gasteiger partial charge in [0.25, 0.3) is 0 Å². The van der Waals surface area contributed by atoms with Crippen LogP contribution in [-0.2, 0) is 9.53 Å². The van der Waals surface area contributed by atoms with Crippen molar-refractivity contribution in [1.82, 2.24) is 10.2 Å². The van der Waals surface area contributed by atoms with Gasteiger partial charge in [-0.05, 0) is 12.8 Å². The quantitative estimate of drug-likeness (QED) is 0.259. The van der Waals surface area contributed by atoms with Crippen molar-refractivity contribution in [3.63, 3.8) is 0 Å². The third-order valence-electron chi connectivity index (χ3n) is 3.14. The number of amidine groups is 1. The number of rotatable bonds is 3. The molecule has 2 rings (SSSR count). The first-order valence-corrected chi connectivity index (χ1v) is 5.55. The fraction of sp³-hybridized carbons (Fsp3) is 0.500. The lowest BCUT2D eigenvalue weighted by molar-refractivity contribution is -0.126. The second-order valence-corrected chi connectivity index (χ2v) is 4.12. The highest BCUT2D eigenvalue weighted by Gasteiger charge is 2.44. The Morgan fingerprint density at radius 2 is 2.33 bits per heavy atom. The standard InChI is InChI=1S/C10H15N5O3/c11-8(15-17)10(1-3-18-4-2-10)9(16)14-7-5-12-13-6-7/h5-6,17H,1-4H2,(H2,11,15)(H,12,13)(H,14,16). The predicted molar refractivity (Wildman–Crippen MR) is 63.1 cm³/mol. The van der Waals surface area contributed by atoms with Gasteiger partial charge in [0.1, 0.15) is 5.41 Å². The van der Waals surface area contributed by atoms with E-state index < -0.39 is 5.41 Å². The van der Waals surface area contributed by atoms with Crippen LogP contribution in [0.4, 0.5) is 5.69 Å². The van der Waals surface area contributed by atoms with Gasteiger partial charge in [0.05, 0.1) is 11.9 Å². The molecule has 1 aliphatic rings. The molecule has 0 spiro atoms. The maximum absolute atomic E-state index is 12.3. The Morgan fingerprint density at radius 3 is 2.89 bits per heavy atom. The summed E-state index contributed by atoms with van der Waals surface area (Å²) in [5, 5.41) is 20.9. The van der Waals surface area contributed by atoms with E-state index in [9.17, 15) is 4.79 Å². The number of ether oxygens (including phenoxy) is 1. The number of anilines is 1. The second-order valence-electron chi connectivity index (χ2n) is 4.12. The van der Waals surface area contributed by atoms with Crippen LogP contribution in [0.25, 0.3) is 0 Å². The minimum absolute atomic E-state index is 0.0909. The average molecular weight is 253 g/mol. The Hall–Kier alpha value is -2.09.